The number of carbonyl (C=O) groups is 1. The number of anilines is 1. The van der Waals surface area contributed by atoms with E-state index < -0.39 is 17.6 Å². The van der Waals surface area contributed by atoms with Crippen molar-refractivity contribution >= 4 is 11.7 Å². The Morgan fingerprint density at radius 3 is 2.34 bits per heavy atom. The second-order valence-electron chi connectivity index (χ2n) is 9.53. The topological polar surface area (TPSA) is 58.6 Å². The second kappa shape index (κ2) is 11.1. The zero-order chi connectivity index (χ0) is 26.7. The summed E-state index contributed by atoms with van der Waals surface area (Å²) in [6.07, 6.45) is -0.724. The molecule has 0 N–H and O–H groups in total. The molecule has 2 aromatic carbocycles. The highest BCUT2D eigenvalue weighted by Gasteiger charge is 2.33. The molecule has 38 heavy (non-hydrogen) atoms. The van der Waals surface area contributed by atoms with Crippen molar-refractivity contribution in [2.45, 2.75) is 37.9 Å². The van der Waals surface area contributed by atoms with Crippen LogP contribution in [0.15, 0.2) is 54.9 Å². The van der Waals surface area contributed by atoms with Crippen LogP contribution in [0.3, 0.4) is 0 Å². The Kier molecular flexibility index (Phi) is 7.60. The van der Waals surface area contributed by atoms with Crippen molar-refractivity contribution in [3.05, 3.63) is 88.6 Å². The summed E-state index contributed by atoms with van der Waals surface area (Å²) in [5.74, 6) is -0.367. The van der Waals surface area contributed by atoms with Gasteiger partial charge in [0.25, 0.3) is 5.91 Å². The average molecular weight is 529 g/mol. The number of benzene rings is 2. The molecular formula is C28H28F4N4O2. The Morgan fingerprint density at radius 1 is 0.947 bits per heavy atom. The summed E-state index contributed by atoms with van der Waals surface area (Å²) in [6.45, 7) is 2.79. The Bertz CT molecular complexity index is 1260. The molecule has 0 radical (unpaired) electrons. The summed E-state index contributed by atoms with van der Waals surface area (Å²) in [7, 11) is 0. The molecule has 0 bridgehead atoms. The maximum Gasteiger partial charge on any atom is 0.416 e. The molecule has 1 aromatic heterocycles. The number of morpholine rings is 1. The van der Waals surface area contributed by atoms with Crippen LogP contribution in [0, 0.1) is 5.82 Å². The maximum atomic E-state index is 15.5. The number of amides is 1. The molecule has 5 rings (SSSR count). The van der Waals surface area contributed by atoms with Gasteiger partial charge in [0.1, 0.15) is 6.33 Å². The smallest absolute Gasteiger partial charge is 0.378 e. The van der Waals surface area contributed by atoms with E-state index in [0.717, 1.165) is 24.1 Å². The number of nitrogens with zero attached hydrogens (tertiary/aromatic N) is 4. The molecule has 2 saturated heterocycles. The predicted molar refractivity (Wildman–Crippen MR) is 133 cm³/mol. The van der Waals surface area contributed by atoms with Gasteiger partial charge < -0.3 is 14.5 Å². The molecule has 3 aromatic rings. The Labute approximate surface area is 218 Å². The van der Waals surface area contributed by atoms with Crippen LogP contribution in [0.5, 0.6) is 0 Å². The standard InChI is InChI=1S/C28H28F4N4O2/c29-25-23(12-5-19-3-6-21(7-4-19)27(37)35-14-16-38-17-15-35)33-18-34-26(25)36-13-1-2-24(36)20-8-10-22(11-9-20)28(30,31)32/h3-4,6-11,18,24H,1-2,5,12-17H2. The normalized spacial score (nSPS) is 18.2. The van der Waals surface area contributed by atoms with Gasteiger partial charge in [-0.3, -0.25) is 4.79 Å². The predicted octanol–water partition coefficient (Wildman–Crippen LogP) is 5.23. The first-order chi connectivity index (χ1) is 18.3. The van der Waals surface area contributed by atoms with Gasteiger partial charge in [0.15, 0.2) is 11.6 Å². The summed E-state index contributed by atoms with van der Waals surface area (Å²) in [4.78, 5) is 24.6. The summed E-state index contributed by atoms with van der Waals surface area (Å²) in [5.41, 5.74) is 1.82. The van der Waals surface area contributed by atoms with Crippen molar-refractivity contribution in [3.8, 4) is 0 Å². The molecule has 200 valence electrons. The van der Waals surface area contributed by atoms with E-state index in [2.05, 4.69) is 9.97 Å². The summed E-state index contributed by atoms with van der Waals surface area (Å²) in [6, 6.07) is 12.1. The van der Waals surface area contributed by atoms with Crippen LogP contribution in [0.25, 0.3) is 0 Å². The number of rotatable bonds is 6. The lowest BCUT2D eigenvalue weighted by atomic mass is 10.0. The van der Waals surface area contributed by atoms with E-state index in [4.69, 9.17) is 4.74 Å². The SMILES string of the molecule is O=C(c1ccc(CCc2ncnc(N3CCCC3c3ccc(C(F)(F)F)cc3)c2F)cc1)N1CCOCC1. The number of hydrogen-bond acceptors (Lipinski definition) is 5. The third-order valence-electron chi connectivity index (χ3n) is 7.14. The fourth-order valence-electron chi connectivity index (χ4n) is 5.06. The number of hydrogen-bond donors (Lipinski definition) is 0. The van der Waals surface area contributed by atoms with Gasteiger partial charge in [-0.1, -0.05) is 24.3 Å². The van der Waals surface area contributed by atoms with Crippen molar-refractivity contribution in [3.63, 3.8) is 0 Å². The molecule has 1 atom stereocenters. The number of halogens is 4. The van der Waals surface area contributed by atoms with Crippen molar-refractivity contribution in [2.24, 2.45) is 0 Å². The molecule has 0 spiro atoms. The quantitative estimate of drug-likeness (QED) is 0.410. The zero-order valence-electron chi connectivity index (χ0n) is 20.8. The fraction of sp³-hybridized carbons (Fsp3) is 0.393. The monoisotopic (exact) mass is 528 g/mol. The van der Waals surface area contributed by atoms with Crippen molar-refractivity contribution in [1.29, 1.82) is 0 Å². The van der Waals surface area contributed by atoms with Crippen molar-refractivity contribution in [2.75, 3.05) is 37.7 Å². The average Bonchev–Trinajstić information content (AvgIpc) is 3.42. The van der Waals surface area contributed by atoms with E-state index in [-0.39, 0.29) is 23.5 Å². The number of aryl methyl sites for hydroxylation is 2. The van der Waals surface area contributed by atoms with E-state index in [1.165, 1.54) is 18.5 Å². The summed E-state index contributed by atoms with van der Waals surface area (Å²) >= 11 is 0. The van der Waals surface area contributed by atoms with Gasteiger partial charge in [0.05, 0.1) is 30.5 Å². The van der Waals surface area contributed by atoms with Gasteiger partial charge in [-0.2, -0.15) is 13.2 Å². The van der Waals surface area contributed by atoms with Gasteiger partial charge in [-0.15, -0.1) is 0 Å². The highest BCUT2D eigenvalue weighted by Crippen LogP contribution is 2.38. The first kappa shape index (κ1) is 26.1. The first-order valence-corrected chi connectivity index (χ1v) is 12.7. The summed E-state index contributed by atoms with van der Waals surface area (Å²) in [5, 5.41) is 0. The second-order valence-corrected chi connectivity index (χ2v) is 9.53. The molecule has 2 fully saturated rings. The maximum absolute atomic E-state index is 15.5. The van der Waals surface area contributed by atoms with Gasteiger partial charge >= 0.3 is 6.18 Å². The molecule has 0 aliphatic carbocycles. The Morgan fingerprint density at radius 2 is 1.66 bits per heavy atom. The Hall–Kier alpha value is -3.53. The van der Waals surface area contributed by atoms with E-state index in [1.807, 2.05) is 17.0 Å². The van der Waals surface area contributed by atoms with Crippen LogP contribution in [0.1, 0.15) is 51.6 Å². The van der Waals surface area contributed by atoms with Crippen molar-refractivity contribution in [1.82, 2.24) is 14.9 Å². The molecule has 3 heterocycles. The number of alkyl halides is 3. The number of ether oxygens (including phenoxy) is 1. The van der Waals surface area contributed by atoms with Gasteiger partial charge in [0.2, 0.25) is 0 Å². The lowest BCUT2D eigenvalue weighted by Crippen LogP contribution is -2.40. The van der Waals surface area contributed by atoms with Crippen molar-refractivity contribution < 1.29 is 27.1 Å². The van der Waals surface area contributed by atoms with E-state index in [0.29, 0.717) is 63.2 Å². The lowest BCUT2D eigenvalue weighted by Gasteiger charge is -2.27. The van der Waals surface area contributed by atoms with E-state index >= 15 is 4.39 Å². The molecule has 6 nitrogen and oxygen atoms in total. The zero-order valence-corrected chi connectivity index (χ0v) is 20.8. The lowest BCUT2D eigenvalue weighted by molar-refractivity contribution is -0.137. The molecule has 0 saturated carbocycles. The highest BCUT2D eigenvalue weighted by molar-refractivity contribution is 5.94. The van der Waals surface area contributed by atoms with Gasteiger partial charge in [0, 0.05) is 25.2 Å². The van der Waals surface area contributed by atoms with Crippen LogP contribution < -0.4 is 4.90 Å². The number of aromatic nitrogens is 2. The molecular weight excluding hydrogens is 500 g/mol. The third-order valence-corrected chi connectivity index (χ3v) is 7.14. The first-order valence-electron chi connectivity index (χ1n) is 12.7. The summed E-state index contributed by atoms with van der Waals surface area (Å²) < 4.78 is 59.7. The van der Waals surface area contributed by atoms with Crippen LogP contribution in [0.2, 0.25) is 0 Å². The minimum absolute atomic E-state index is 0.0282. The minimum atomic E-state index is -4.40. The van der Waals surface area contributed by atoms with E-state index in [1.54, 1.807) is 17.0 Å². The molecule has 1 amide bonds. The van der Waals surface area contributed by atoms with E-state index in [9.17, 15) is 18.0 Å². The van der Waals surface area contributed by atoms with Gasteiger partial charge in [-0.05, 0) is 61.1 Å². The van der Waals surface area contributed by atoms with Crippen LogP contribution in [0.4, 0.5) is 23.4 Å². The van der Waals surface area contributed by atoms with Crippen LogP contribution in [-0.4, -0.2) is 53.6 Å². The van der Waals surface area contributed by atoms with Crippen LogP contribution in [-0.2, 0) is 23.8 Å². The minimum Gasteiger partial charge on any atom is -0.378 e. The molecule has 2 aliphatic rings. The van der Waals surface area contributed by atoms with Gasteiger partial charge in [-0.25, -0.2) is 14.4 Å². The van der Waals surface area contributed by atoms with Crippen LogP contribution >= 0.6 is 0 Å². The Balaban J connectivity index is 1.26. The molecule has 1 unspecified atom stereocenters. The largest absolute Gasteiger partial charge is 0.416 e. The third kappa shape index (κ3) is 5.65. The number of carbonyl (C=O) groups excluding carboxylic acids is 1. The highest BCUT2D eigenvalue weighted by atomic mass is 19.4. The fourth-order valence-corrected chi connectivity index (χ4v) is 5.06. The molecule has 10 heteroatoms. The molecule has 2 aliphatic heterocycles.